The molecule has 19 heavy (non-hydrogen) atoms. The van der Waals surface area contributed by atoms with Gasteiger partial charge in [0.1, 0.15) is 15.4 Å². The van der Waals surface area contributed by atoms with Crippen molar-refractivity contribution in [2.24, 2.45) is 5.41 Å². The highest BCUT2D eigenvalue weighted by Gasteiger charge is 2.56. The highest BCUT2D eigenvalue weighted by Crippen LogP contribution is 2.46. The number of carbonyl (C=O) groups is 2. The number of carboxylic acids is 1. The predicted octanol–water partition coefficient (Wildman–Crippen LogP) is 1.32. The Hall–Kier alpha value is -1.50. The molecular weight excluding hydrogens is 266 g/mol. The third-order valence-electron chi connectivity index (χ3n) is 3.10. The van der Waals surface area contributed by atoms with Gasteiger partial charge < -0.3 is 10.4 Å². The molecule has 0 atom stereocenters. The smallest absolute Gasteiger partial charge is 0.319 e. The molecule has 1 heterocycles. The van der Waals surface area contributed by atoms with Gasteiger partial charge in [-0.15, -0.1) is 10.2 Å². The first-order valence-electron chi connectivity index (χ1n) is 6.10. The molecule has 1 aliphatic rings. The van der Waals surface area contributed by atoms with Crippen LogP contribution < -0.4 is 5.32 Å². The van der Waals surface area contributed by atoms with Gasteiger partial charge in [0.05, 0.1) is 6.54 Å². The van der Waals surface area contributed by atoms with Crippen LogP contribution >= 0.6 is 11.3 Å². The summed E-state index contributed by atoms with van der Waals surface area (Å²) in [7, 11) is 0. The minimum Gasteiger partial charge on any atom is -0.480 e. The van der Waals surface area contributed by atoms with Crippen molar-refractivity contribution >= 4 is 23.2 Å². The van der Waals surface area contributed by atoms with Crippen LogP contribution in [0.4, 0.5) is 0 Å². The van der Waals surface area contributed by atoms with E-state index in [9.17, 15) is 9.59 Å². The maximum Gasteiger partial charge on any atom is 0.319 e. The topological polar surface area (TPSA) is 92.2 Å². The van der Waals surface area contributed by atoms with E-state index in [1.54, 1.807) is 0 Å². The minimum absolute atomic E-state index is 0.0707. The summed E-state index contributed by atoms with van der Waals surface area (Å²) < 4.78 is 0. The van der Waals surface area contributed by atoms with Crippen LogP contribution in [0.3, 0.4) is 0 Å². The first-order valence-corrected chi connectivity index (χ1v) is 6.92. The van der Waals surface area contributed by atoms with Gasteiger partial charge >= 0.3 is 5.97 Å². The van der Waals surface area contributed by atoms with Gasteiger partial charge in [-0.05, 0) is 12.8 Å². The molecule has 1 aliphatic carbocycles. The van der Waals surface area contributed by atoms with Gasteiger partial charge in [0.15, 0.2) is 0 Å². The third-order valence-corrected chi connectivity index (χ3v) is 4.45. The maximum absolute atomic E-state index is 11.8. The van der Waals surface area contributed by atoms with Gasteiger partial charge in [0.2, 0.25) is 5.91 Å². The molecule has 1 aromatic rings. The van der Waals surface area contributed by atoms with Crippen molar-refractivity contribution in [3.63, 3.8) is 0 Å². The Kier molecular flexibility index (Phi) is 3.34. The second-order valence-corrected chi connectivity index (χ2v) is 6.88. The van der Waals surface area contributed by atoms with Crippen molar-refractivity contribution < 1.29 is 14.7 Å². The molecule has 0 unspecified atom stereocenters. The molecule has 0 radical (unpaired) electrons. The van der Waals surface area contributed by atoms with Gasteiger partial charge in [-0.3, -0.25) is 9.59 Å². The second-order valence-electron chi connectivity index (χ2n) is 5.82. The van der Waals surface area contributed by atoms with Gasteiger partial charge in [-0.25, -0.2) is 0 Å². The van der Waals surface area contributed by atoms with Gasteiger partial charge in [-0.1, -0.05) is 32.1 Å². The quantitative estimate of drug-likeness (QED) is 0.813. The molecular formula is C12H17N3O3S. The molecule has 0 spiro atoms. The summed E-state index contributed by atoms with van der Waals surface area (Å²) in [5.74, 6) is -1.47. The summed E-state index contributed by atoms with van der Waals surface area (Å²) in [6, 6.07) is 0. The minimum atomic E-state index is -1.20. The zero-order valence-electron chi connectivity index (χ0n) is 11.2. The molecule has 1 aromatic heterocycles. The molecule has 0 aliphatic heterocycles. The Morgan fingerprint density at radius 2 is 2.00 bits per heavy atom. The van der Waals surface area contributed by atoms with Crippen LogP contribution in [0.2, 0.25) is 0 Å². The molecule has 1 amide bonds. The molecule has 2 rings (SSSR count). The molecule has 1 saturated carbocycles. The summed E-state index contributed by atoms with van der Waals surface area (Å²) in [6.45, 7) is 6.36. The lowest BCUT2D eigenvalue weighted by Gasteiger charge is -2.12. The number of hydrogen-bond donors (Lipinski definition) is 2. The van der Waals surface area contributed by atoms with E-state index in [0.717, 1.165) is 5.01 Å². The number of aliphatic carboxylic acids is 1. The van der Waals surface area contributed by atoms with Gasteiger partial charge in [0, 0.05) is 5.41 Å². The summed E-state index contributed by atoms with van der Waals surface area (Å²) in [4.78, 5) is 22.8. The van der Waals surface area contributed by atoms with E-state index in [2.05, 4.69) is 15.5 Å². The number of rotatable bonds is 4. The summed E-state index contributed by atoms with van der Waals surface area (Å²) in [5.41, 5.74) is -1.27. The Balaban J connectivity index is 1.95. The Bertz CT molecular complexity index is 515. The number of nitrogens with zero attached hydrogens (tertiary/aromatic N) is 2. The van der Waals surface area contributed by atoms with Gasteiger partial charge in [-0.2, -0.15) is 0 Å². The molecule has 0 aromatic carbocycles. The van der Waals surface area contributed by atoms with Crippen LogP contribution in [0, 0.1) is 5.41 Å². The zero-order chi connectivity index (χ0) is 14.3. The van der Waals surface area contributed by atoms with Crippen LogP contribution in [0.1, 0.15) is 43.6 Å². The Morgan fingerprint density at radius 1 is 1.37 bits per heavy atom. The number of carbonyl (C=O) groups excluding carboxylic acids is 1. The lowest BCUT2D eigenvalue weighted by Crippen LogP contribution is -2.36. The van der Waals surface area contributed by atoms with Crippen molar-refractivity contribution in [2.75, 3.05) is 0 Å². The fourth-order valence-electron chi connectivity index (χ4n) is 1.62. The molecule has 7 heteroatoms. The lowest BCUT2D eigenvalue weighted by atomic mass is 9.98. The van der Waals surface area contributed by atoms with Crippen LogP contribution in [0.15, 0.2) is 0 Å². The lowest BCUT2D eigenvalue weighted by molar-refractivity contribution is -0.149. The molecule has 2 N–H and O–H groups in total. The number of aromatic nitrogens is 2. The molecule has 1 fully saturated rings. The first-order chi connectivity index (χ1) is 8.75. The van der Waals surface area contributed by atoms with E-state index in [1.807, 2.05) is 20.8 Å². The molecule has 0 bridgehead atoms. The van der Waals surface area contributed by atoms with E-state index in [-0.39, 0.29) is 12.0 Å². The van der Waals surface area contributed by atoms with Crippen LogP contribution in [0.25, 0.3) is 0 Å². The van der Waals surface area contributed by atoms with E-state index in [4.69, 9.17) is 5.11 Å². The van der Waals surface area contributed by atoms with Crippen molar-refractivity contribution in [3.8, 4) is 0 Å². The monoisotopic (exact) mass is 283 g/mol. The van der Waals surface area contributed by atoms with Crippen molar-refractivity contribution in [1.29, 1.82) is 0 Å². The van der Waals surface area contributed by atoms with Crippen LogP contribution in [0.5, 0.6) is 0 Å². The number of hydrogen-bond acceptors (Lipinski definition) is 5. The first kappa shape index (κ1) is 13.9. The fraction of sp³-hybridized carbons (Fsp3) is 0.667. The van der Waals surface area contributed by atoms with Crippen molar-refractivity contribution in [3.05, 3.63) is 10.0 Å². The molecule has 104 valence electrons. The zero-order valence-corrected chi connectivity index (χ0v) is 12.0. The SMILES string of the molecule is CC(C)(C)c1nnc(CNC(=O)C2(C(=O)O)CC2)s1. The maximum atomic E-state index is 11.8. The Labute approximate surface area is 115 Å². The predicted molar refractivity (Wildman–Crippen MR) is 69.8 cm³/mol. The van der Waals surface area contributed by atoms with E-state index >= 15 is 0 Å². The third kappa shape index (κ3) is 2.75. The van der Waals surface area contributed by atoms with Gasteiger partial charge in [0.25, 0.3) is 0 Å². The average molecular weight is 283 g/mol. The van der Waals surface area contributed by atoms with E-state index in [0.29, 0.717) is 17.8 Å². The number of nitrogens with one attached hydrogen (secondary N) is 1. The van der Waals surface area contributed by atoms with Crippen molar-refractivity contribution in [1.82, 2.24) is 15.5 Å². The summed E-state index contributed by atoms with van der Waals surface area (Å²) in [5, 5.41) is 21.3. The average Bonchev–Trinajstić information content (AvgIpc) is 2.97. The highest BCUT2D eigenvalue weighted by atomic mass is 32.1. The highest BCUT2D eigenvalue weighted by molar-refractivity contribution is 7.11. The Morgan fingerprint density at radius 3 is 2.42 bits per heavy atom. The normalized spacial score (nSPS) is 17.0. The number of amides is 1. The van der Waals surface area contributed by atoms with E-state index < -0.39 is 17.3 Å². The standard InChI is InChI=1S/C12H17N3O3S/c1-11(2,3)9-15-14-7(19-9)6-13-8(16)12(4-5-12)10(17)18/h4-6H2,1-3H3,(H,13,16)(H,17,18). The summed E-state index contributed by atoms with van der Waals surface area (Å²) >= 11 is 1.44. The fourth-order valence-corrected chi connectivity index (χ4v) is 2.45. The summed E-state index contributed by atoms with van der Waals surface area (Å²) in [6.07, 6.45) is 0.828. The van der Waals surface area contributed by atoms with Crippen molar-refractivity contribution in [2.45, 2.75) is 45.6 Å². The molecule has 0 saturated heterocycles. The second kappa shape index (κ2) is 4.56. The molecule has 6 nitrogen and oxygen atoms in total. The van der Waals surface area contributed by atoms with E-state index in [1.165, 1.54) is 11.3 Å². The number of carboxylic acid groups (broad SMARTS) is 1. The largest absolute Gasteiger partial charge is 0.480 e. The van der Waals surface area contributed by atoms with Crippen LogP contribution in [-0.2, 0) is 21.5 Å². The van der Waals surface area contributed by atoms with Crippen LogP contribution in [-0.4, -0.2) is 27.2 Å².